The molecule has 5 aromatic rings. The summed E-state index contributed by atoms with van der Waals surface area (Å²) in [6.07, 6.45) is 3.83. The molecule has 1 saturated heterocycles. The molecular weight excluding hydrogens is 725 g/mol. The fraction of sp³-hybridized carbons (Fsp3) is 0.378. The van der Waals surface area contributed by atoms with Gasteiger partial charge in [0.05, 0.1) is 45.0 Å². The van der Waals surface area contributed by atoms with Crippen LogP contribution < -0.4 is 18.9 Å². The molecule has 0 radical (unpaired) electrons. The number of nitrogens with zero attached hydrogens (tertiary/aromatic N) is 4. The summed E-state index contributed by atoms with van der Waals surface area (Å²) in [6, 6.07) is 26.2. The van der Waals surface area contributed by atoms with E-state index in [1.54, 1.807) is 36.3 Å². The zero-order valence-corrected chi connectivity index (χ0v) is 33.4. The summed E-state index contributed by atoms with van der Waals surface area (Å²) in [7, 11) is 8.05. The first-order valence-corrected chi connectivity index (χ1v) is 19.4. The molecule has 0 saturated carbocycles. The van der Waals surface area contributed by atoms with Gasteiger partial charge in [0.15, 0.2) is 17.3 Å². The number of imidazole rings is 1. The normalized spacial score (nSPS) is 13.9. The Morgan fingerprint density at radius 2 is 1.49 bits per heavy atom. The van der Waals surface area contributed by atoms with Crippen LogP contribution in [0.5, 0.6) is 23.0 Å². The smallest absolute Gasteiger partial charge is 0.335 e. The van der Waals surface area contributed by atoms with Crippen LogP contribution in [-0.2, 0) is 13.0 Å². The molecule has 1 amide bonds. The van der Waals surface area contributed by atoms with Crippen LogP contribution in [0.3, 0.4) is 0 Å². The first-order valence-electron chi connectivity index (χ1n) is 19.4. The highest BCUT2D eigenvalue weighted by Gasteiger charge is 2.30. The number of hydrogen-bond acceptors (Lipinski definition) is 9. The number of likely N-dealkylation sites (tertiary alicyclic amines) is 1. The van der Waals surface area contributed by atoms with Gasteiger partial charge in [0.2, 0.25) is 11.5 Å². The average Bonchev–Trinajstić information content (AvgIpc) is 3.62. The molecule has 1 fully saturated rings. The maximum Gasteiger partial charge on any atom is 0.335 e. The quantitative estimate of drug-likeness (QED) is 0.0909. The van der Waals surface area contributed by atoms with E-state index in [0.717, 1.165) is 79.6 Å². The number of amides is 1. The lowest BCUT2D eigenvalue weighted by Crippen LogP contribution is -2.38. The van der Waals surface area contributed by atoms with Gasteiger partial charge in [-0.15, -0.1) is 0 Å². The van der Waals surface area contributed by atoms with E-state index in [2.05, 4.69) is 21.6 Å². The molecule has 1 aliphatic rings. The summed E-state index contributed by atoms with van der Waals surface area (Å²) in [5, 5.41) is 9.23. The van der Waals surface area contributed by atoms with E-state index in [1.165, 1.54) is 21.3 Å². The molecule has 6 rings (SSSR count). The first-order chi connectivity index (χ1) is 27.6. The van der Waals surface area contributed by atoms with E-state index in [-0.39, 0.29) is 29.1 Å². The number of piperidine rings is 1. The number of aromatic carboxylic acids is 1. The topological polar surface area (TPSA) is 133 Å². The van der Waals surface area contributed by atoms with E-state index in [1.807, 2.05) is 55.6 Å². The zero-order chi connectivity index (χ0) is 40.5. The number of rotatable bonds is 18. The highest BCUT2D eigenvalue weighted by atomic mass is 16.5. The lowest BCUT2D eigenvalue weighted by atomic mass is 9.90. The number of Topliss-reactive ketones (excluding diaryl/α,β-unsaturated/α-hetero) is 1. The van der Waals surface area contributed by atoms with Crippen molar-refractivity contribution in [2.24, 2.45) is 5.92 Å². The lowest BCUT2D eigenvalue weighted by Gasteiger charge is -2.33. The molecule has 1 unspecified atom stereocenters. The summed E-state index contributed by atoms with van der Waals surface area (Å²) in [5.74, 6) is 1.45. The highest BCUT2D eigenvalue weighted by molar-refractivity contribution is 5.98. The van der Waals surface area contributed by atoms with Crippen molar-refractivity contribution in [3.05, 3.63) is 113 Å². The number of ether oxygens (including phenoxy) is 4. The monoisotopic (exact) mass is 776 g/mol. The van der Waals surface area contributed by atoms with Gasteiger partial charge in [-0.1, -0.05) is 36.4 Å². The average molecular weight is 777 g/mol. The Labute approximate surface area is 333 Å². The van der Waals surface area contributed by atoms with Crippen LogP contribution in [0, 0.1) is 5.92 Å². The molecule has 2 heterocycles. The Morgan fingerprint density at radius 1 is 0.825 bits per heavy atom. The maximum absolute atomic E-state index is 14.1. The number of carboxylic acid groups (broad SMARTS) is 1. The molecule has 0 aliphatic carbocycles. The van der Waals surface area contributed by atoms with Crippen molar-refractivity contribution in [3.63, 3.8) is 0 Å². The second kappa shape index (κ2) is 18.8. The third-order valence-corrected chi connectivity index (χ3v) is 11.0. The molecule has 0 bridgehead atoms. The molecule has 57 heavy (non-hydrogen) atoms. The number of ketones is 1. The van der Waals surface area contributed by atoms with Crippen LogP contribution >= 0.6 is 0 Å². The Balaban J connectivity index is 1.10. The molecule has 1 aliphatic heterocycles. The fourth-order valence-electron chi connectivity index (χ4n) is 7.76. The number of likely N-dealkylation sites (N-methyl/N-ethyl adjacent to an activating group) is 1. The number of hydrogen-bond donors (Lipinski definition) is 1. The largest absolute Gasteiger partial charge is 0.497 e. The fourth-order valence-corrected chi connectivity index (χ4v) is 7.76. The number of benzene rings is 4. The second-order valence-electron chi connectivity index (χ2n) is 14.5. The van der Waals surface area contributed by atoms with Crippen molar-refractivity contribution in [3.8, 4) is 23.0 Å². The van der Waals surface area contributed by atoms with Gasteiger partial charge in [0, 0.05) is 37.5 Å². The molecule has 1 atom stereocenters. The molecule has 12 heteroatoms. The Hall–Kier alpha value is -5.88. The second-order valence-corrected chi connectivity index (χ2v) is 14.5. The van der Waals surface area contributed by atoms with Crippen LogP contribution in [0.1, 0.15) is 74.1 Å². The predicted molar refractivity (Wildman–Crippen MR) is 218 cm³/mol. The van der Waals surface area contributed by atoms with Gasteiger partial charge in [0.1, 0.15) is 5.75 Å². The minimum absolute atomic E-state index is 0.0428. The van der Waals surface area contributed by atoms with E-state index >= 15 is 0 Å². The van der Waals surface area contributed by atoms with Crippen molar-refractivity contribution in [1.82, 2.24) is 19.4 Å². The number of carbonyl (C=O) groups is 3. The minimum atomic E-state index is -0.941. The van der Waals surface area contributed by atoms with Crippen molar-refractivity contribution in [2.45, 2.75) is 44.6 Å². The van der Waals surface area contributed by atoms with E-state index in [9.17, 15) is 19.5 Å². The van der Waals surface area contributed by atoms with Crippen molar-refractivity contribution in [1.29, 1.82) is 0 Å². The molecule has 1 aromatic heterocycles. The maximum atomic E-state index is 14.1. The SMILES string of the molecule is COc1ccc(C(CCN2CCC(C(=O)c3nc4ccccc4n3CCCc3ccc(C(=O)O)cc3)CC2)CN(C)C(=O)c2cc(OC)c(OC)c(OC)c2)cc1. The summed E-state index contributed by atoms with van der Waals surface area (Å²) in [4.78, 5) is 48.2. The van der Waals surface area contributed by atoms with Gasteiger partial charge in [-0.25, -0.2) is 9.78 Å². The Kier molecular flexibility index (Phi) is 13.5. The van der Waals surface area contributed by atoms with Crippen molar-refractivity contribution >= 4 is 28.7 Å². The van der Waals surface area contributed by atoms with Crippen LogP contribution in [0.15, 0.2) is 84.9 Å². The van der Waals surface area contributed by atoms with Gasteiger partial charge < -0.3 is 38.4 Å². The van der Waals surface area contributed by atoms with Gasteiger partial charge in [-0.2, -0.15) is 0 Å². The third-order valence-electron chi connectivity index (χ3n) is 11.0. The van der Waals surface area contributed by atoms with Crippen LogP contribution in [0.25, 0.3) is 11.0 Å². The minimum Gasteiger partial charge on any atom is -0.497 e. The standard InChI is InChI=1S/C45H52N4O8/c1-47(44(51)35-27-39(55-3)42(57-5)40(28-35)56-4)29-34(31-16-18-36(54-2)19-17-31)22-26-48-24-20-32(21-25-48)41(50)43-46-37-10-6-7-11-38(37)49(43)23-8-9-30-12-14-33(15-13-30)45(52)53/h6-7,10-19,27-28,32,34H,8-9,20-26,29H2,1-5H3,(H,52,53). The Morgan fingerprint density at radius 3 is 2.11 bits per heavy atom. The van der Waals surface area contributed by atoms with Crippen LogP contribution in [0.4, 0.5) is 0 Å². The number of carbonyl (C=O) groups excluding carboxylic acids is 2. The van der Waals surface area contributed by atoms with E-state index < -0.39 is 5.97 Å². The van der Waals surface area contributed by atoms with Crippen LogP contribution in [-0.4, -0.2) is 104 Å². The number of fused-ring (bicyclic) bond motifs is 1. The molecule has 4 aromatic carbocycles. The first kappa shape index (κ1) is 40.8. The van der Waals surface area contributed by atoms with Gasteiger partial charge >= 0.3 is 5.97 Å². The third kappa shape index (κ3) is 9.57. The molecule has 0 spiro atoms. The number of methoxy groups -OCH3 is 4. The van der Waals surface area contributed by atoms with E-state index in [4.69, 9.17) is 23.9 Å². The van der Waals surface area contributed by atoms with Crippen molar-refractivity contribution < 1.29 is 38.4 Å². The summed E-state index contributed by atoms with van der Waals surface area (Å²) in [5.41, 5.74) is 4.62. The van der Waals surface area contributed by atoms with E-state index in [0.29, 0.717) is 41.7 Å². The van der Waals surface area contributed by atoms with Gasteiger partial charge in [0.25, 0.3) is 5.91 Å². The number of aromatic nitrogens is 2. The van der Waals surface area contributed by atoms with Gasteiger partial charge in [-0.3, -0.25) is 9.59 Å². The summed E-state index contributed by atoms with van der Waals surface area (Å²) >= 11 is 0. The summed E-state index contributed by atoms with van der Waals surface area (Å²) in [6.45, 7) is 3.51. The van der Waals surface area contributed by atoms with Crippen LogP contribution in [0.2, 0.25) is 0 Å². The number of para-hydroxylation sites is 2. The lowest BCUT2D eigenvalue weighted by molar-refractivity contribution is 0.0695. The molecule has 12 nitrogen and oxygen atoms in total. The Bertz CT molecular complexity index is 2130. The number of carboxylic acids is 1. The molecule has 300 valence electrons. The predicted octanol–water partition coefficient (Wildman–Crippen LogP) is 7.24. The highest BCUT2D eigenvalue weighted by Crippen LogP contribution is 2.38. The van der Waals surface area contributed by atoms with Crippen molar-refractivity contribution in [2.75, 3.05) is 61.7 Å². The summed E-state index contributed by atoms with van der Waals surface area (Å²) < 4.78 is 23.9. The molecular formula is C45H52N4O8. The molecule has 1 N–H and O–H groups in total. The van der Waals surface area contributed by atoms with Gasteiger partial charge in [-0.05, 0) is 111 Å². The zero-order valence-electron chi connectivity index (χ0n) is 33.4. The number of aryl methyl sites for hydroxylation is 2.